The molecule has 1 amide bonds. The third kappa shape index (κ3) is 4.46. The number of hydrogen-bond donors (Lipinski definition) is 1. The van der Waals surface area contributed by atoms with Crippen LogP contribution in [0.15, 0.2) is 60.9 Å². The van der Waals surface area contributed by atoms with Crippen molar-refractivity contribution >= 4 is 11.6 Å². The van der Waals surface area contributed by atoms with Crippen molar-refractivity contribution in [2.45, 2.75) is 13.1 Å². The lowest BCUT2D eigenvalue weighted by Gasteiger charge is -2.15. The predicted octanol–water partition coefficient (Wildman–Crippen LogP) is 5.59. The molecule has 0 saturated carbocycles. The predicted molar refractivity (Wildman–Crippen MR) is 94.8 cm³/mol. The van der Waals surface area contributed by atoms with Gasteiger partial charge < -0.3 is 10.1 Å². The first-order chi connectivity index (χ1) is 13.2. The van der Waals surface area contributed by atoms with Gasteiger partial charge in [-0.15, -0.1) is 0 Å². The summed E-state index contributed by atoms with van der Waals surface area (Å²) >= 11 is 0. The smallest absolute Gasteiger partial charge is 0.416 e. The molecule has 3 aromatic rings. The Morgan fingerprint density at radius 1 is 1.00 bits per heavy atom. The summed E-state index contributed by atoms with van der Waals surface area (Å²) in [6.45, 7) is 1.54. The van der Waals surface area contributed by atoms with Crippen LogP contribution in [0.2, 0.25) is 0 Å². The van der Waals surface area contributed by atoms with E-state index < -0.39 is 23.5 Å². The number of alkyl halides is 3. The molecule has 1 heterocycles. The lowest BCUT2D eigenvalue weighted by Crippen LogP contribution is -2.14. The maximum absolute atomic E-state index is 13.3. The number of benzene rings is 2. The molecule has 0 unspecified atom stereocenters. The molecule has 0 atom stereocenters. The van der Waals surface area contributed by atoms with Crippen molar-refractivity contribution in [1.29, 1.82) is 0 Å². The van der Waals surface area contributed by atoms with Crippen molar-refractivity contribution in [2.24, 2.45) is 0 Å². The van der Waals surface area contributed by atoms with E-state index in [1.165, 1.54) is 36.7 Å². The lowest BCUT2D eigenvalue weighted by molar-refractivity contribution is -0.137. The van der Waals surface area contributed by atoms with Crippen LogP contribution in [0, 0.1) is 12.7 Å². The van der Waals surface area contributed by atoms with E-state index in [1.807, 2.05) is 0 Å². The first-order valence-electron chi connectivity index (χ1n) is 8.10. The number of nitrogens with zero attached hydrogens (tertiary/aromatic N) is 1. The molecule has 0 saturated heterocycles. The van der Waals surface area contributed by atoms with Gasteiger partial charge in [-0.3, -0.25) is 9.78 Å². The van der Waals surface area contributed by atoms with Crippen LogP contribution in [0.1, 0.15) is 21.5 Å². The van der Waals surface area contributed by atoms with Crippen LogP contribution in [-0.4, -0.2) is 10.9 Å². The van der Waals surface area contributed by atoms with Crippen LogP contribution in [0.5, 0.6) is 11.5 Å². The Bertz CT molecular complexity index is 1000. The van der Waals surface area contributed by atoms with Crippen molar-refractivity contribution < 1.29 is 27.1 Å². The molecule has 0 aliphatic heterocycles. The molecule has 0 bridgehead atoms. The standard InChI is InChI=1S/C20H14F4N2O2/c1-12-10-14(21)3-5-17(12)28-18-11-13(20(22,23)24)2-4-16(18)19(27)26-15-6-8-25-9-7-15/h2-11H,1H3,(H,25,26,27). The molecule has 0 aliphatic carbocycles. The number of rotatable bonds is 4. The van der Waals surface area contributed by atoms with Gasteiger partial charge in [0.05, 0.1) is 11.1 Å². The second-order valence-electron chi connectivity index (χ2n) is 5.91. The zero-order valence-electron chi connectivity index (χ0n) is 14.5. The van der Waals surface area contributed by atoms with E-state index in [9.17, 15) is 22.4 Å². The Labute approximate surface area is 157 Å². The molecule has 0 fully saturated rings. The fourth-order valence-electron chi connectivity index (χ4n) is 2.45. The molecular weight excluding hydrogens is 376 g/mol. The van der Waals surface area contributed by atoms with Crippen LogP contribution in [-0.2, 0) is 6.18 Å². The summed E-state index contributed by atoms with van der Waals surface area (Å²) < 4.78 is 58.2. The third-order valence-electron chi connectivity index (χ3n) is 3.85. The van der Waals surface area contributed by atoms with Gasteiger partial charge in [0, 0.05) is 18.1 Å². The molecule has 0 radical (unpaired) electrons. The highest BCUT2D eigenvalue weighted by Crippen LogP contribution is 2.36. The maximum atomic E-state index is 13.3. The van der Waals surface area contributed by atoms with E-state index >= 15 is 0 Å². The van der Waals surface area contributed by atoms with E-state index in [0.717, 1.165) is 24.3 Å². The fourth-order valence-corrected chi connectivity index (χ4v) is 2.45. The van der Waals surface area contributed by atoms with Crippen molar-refractivity contribution in [3.63, 3.8) is 0 Å². The van der Waals surface area contributed by atoms with Gasteiger partial charge in [0.25, 0.3) is 5.91 Å². The minimum absolute atomic E-state index is 0.103. The van der Waals surface area contributed by atoms with Gasteiger partial charge >= 0.3 is 6.18 Å². The van der Waals surface area contributed by atoms with Gasteiger partial charge in [-0.25, -0.2) is 4.39 Å². The zero-order chi connectivity index (χ0) is 20.3. The van der Waals surface area contributed by atoms with Crippen LogP contribution < -0.4 is 10.1 Å². The van der Waals surface area contributed by atoms with E-state index in [1.54, 1.807) is 6.92 Å². The number of aromatic nitrogens is 1. The van der Waals surface area contributed by atoms with Gasteiger partial charge in [0.2, 0.25) is 0 Å². The molecule has 8 heteroatoms. The van der Waals surface area contributed by atoms with Crippen LogP contribution in [0.3, 0.4) is 0 Å². The second kappa shape index (κ2) is 7.67. The Balaban J connectivity index is 2.00. The monoisotopic (exact) mass is 390 g/mol. The minimum atomic E-state index is -4.62. The van der Waals surface area contributed by atoms with Gasteiger partial charge in [0.1, 0.15) is 17.3 Å². The number of anilines is 1. The average Bonchev–Trinajstić information content (AvgIpc) is 2.64. The molecule has 4 nitrogen and oxygen atoms in total. The van der Waals surface area contributed by atoms with Crippen LogP contribution in [0.4, 0.5) is 23.2 Å². The lowest BCUT2D eigenvalue weighted by atomic mass is 10.1. The number of halogens is 4. The maximum Gasteiger partial charge on any atom is 0.416 e. The molecule has 0 aliphatic rings. The molecule has 1 aromatic heterocycles. The number of nitrogens with one attached hydrogen (secondary N) is 1. The molecule has 144 valence electrons. The zero-order valence-corrected chi connectivity index (χ0v) is 14.5. The molecule has 1 N–H and O–H groups in total. The highest BCUT2D eigenvalue weighted by molar-refractivity contribution is 6.06. The molecular formula is C20H14F4N2O2. The summed E-state index contributed by atoms with van der Waals surface area (Å²) in [5, 5.41) is 2.57. The Morgan fingerprint density at radius 3 is 2.36 bits per heavy atom. The summed E-state index contributed by atoms with van der Waals surface area (Å²) in [5.74, 6) is -1.32. The topological polar surface area (TPSA) is 51.2 Å². The Hall–Kier alpha value is -3.42. The number of carbonyl (C=O) groups is 1. The normalized spacial score (nSPS) is 11.2. The second-order valence-corrected chi connectivity index (χ2v) is 5.91. The van der Waals surface area contributed by atoms with E-state index in [4.69, 9.17) is 4.74 Å². The molecule has 28 heavy (non-hydrogen) atoms. The fraction of sp³-hybridized carbons (Fsp3) is 0.100. The van der Waals surface area contributed by atoms with Crippen LogP contribution in [0.25, 0.3) is 0 Å². The highest BCUT2D eigenvalue weighted by Gasteiger charge is 2.32. The van der Waals surface area contributed by atoms with Gasteiger partial charge in [0.15, 0.2) is 0 Å². The number of hydrogen-bond acceptors (Lipinski definition) is 3. The van der Waals surface area contributed by atoms with Gasteiger partial charge in [-0.2, -0.15) is 13.2 Å². The summed E-state index contributed by atoms with van der Waals surface area (Å²) in [4.78, 5) is 16.4. The van der Waals surface area contributed by atoms with Crippen molar-refractivity contribution in [3.05, 3.63) is 83.4 Å². The SMILES string of the molecule is Cc1cc(F)ccc1Oc1cc(C(F)(F)F)ccc1C(=O)Nc1ccncc1. The van der Waals surface area contributed by atoms with Crippen molar-refractivity contribution in [3.8, 4) is 11.5 Å². The number of ether oxygens (including phenoxy) is 1. The Kier molecular flexibility index (Phi) is 5.30. The number of aryl methyl sites for hydroxylation is 1. The van der Waals surface area contributed by atoms with Crippen molar-refractivity contribution in [2.75, 3.05) is 5.32 Å². The summed E-state index contributed by atoms with van der Waals surface area (Å²) in [6.07, 6.45) is -1.70. The third-order valence-corrected chi connectivity index (χ3v) is 3.85. The number of pyridine rings is 1. The number of carbonyl (C=O) groups excluding carboxylic acids is 1. The Morgan fingerprint density at radius 2 is 1.71 bits per heavy atom. The minimum Gasteiger partial charge on any atom is -0.456 e. The first kappa shape index (κ1) is 19.3. The van der Waals surface area contributed by atoms with E-state index in [2.05, 4.69) is 10.3 Å². The van der Waals surface area contributed by atoms with Crippen LogP contribution >= 0.6 is 0 Å². The first-order valence-corrected chi connectivity index (χ1v) is 8.10. The van der Waals surface area contributed by atoms with E-state index in [0.29, 0.717) is 11.3 Å². The van der Waals surface area contributed by atoms with Crippen molar-refractivity contribution in [1.82, 2.24) is 4.98 Å². The summed E-state index contributed by atoms with van der Waals surface area (Å²) in [7, 11) is 0. The molecule has 2 aromatic carbocycles. The molecule has 3 rings (SSSR count). The van der Waals surface area contributed by atoms with Gasteiger partial charge in [-0.1, -0.05) is 0 Å². The number of amides is 1. The van der Waals surface area contributed by atoms with E-state index in [-0.39, 0.29) is 17.1 Å². The highest BCUT2D eigenvalue weighted by atomic mass is 19.4. The molecule has 0 spiro atoms. The summed E-state index contributed by atoms with van der Waals surface area (Å²) in [6, 6.07) is 9.23. The quantitative estimate of drug-likeness (QED) is 0.591. The summed E-state index contributed by atoms with van der Waals surface area (Å²) in [5.41, 5.74) is -0.280. The van der Waals surface area contributed by atoms with Gasteiger partial charge in [-0.05, 0) is 61.0 Å². The largest absolute Gasteiger partial charge is 0.456 e. The average molecular weight is 390 g/mol.